The van der Waals surface area contributed by atoms with Gasteiger partial charge in [-0.15, -0.1) is 0 Å². The van der Waals surface area contributed by atoms with Crippen molar-refractivity contribution in [1.29, 1.82) is 0 Å². The molecule has 0 unspecified atom stereocenters. The van der Waals surface area contributed by atoms with E-state index < -0.39 is 10.0 Å². The van der Waals surface area contributed by atoms with E-state index in [1.807, 2.05) is 19.1 Å². The molecule has 1 saturated heterocycles. The number of anilines is 2. The Hall–Kier alpha value is -1.60. The van der Waals surface area contributed by atoms with E-state index in [-0.39, 0.29) is 24.9 Å². The lowest BCUT2D eigenvalue weighted by atomic mass is 10.0. The number of aryl methyl sites for hydroxylation is 1. The first-order valence-electron chi connectivity index (χ1n) is 7.87. The maximum Gasteiger partial charge on any atom is 0.230 e. The molecule has 0 bridgehead atoms. The van der Waals surface area contributed by atoms with E-state index in [1.54, 1.807) is 0 Å². The monoisotopic (exact) mass is 339 g/mol. The highest BCUT2D eigenvalue weighted by Gasteiger charge is 2.37. The maximum atomic E-state index is 12.2. The van der Waals surface area contributed by atoms with Crippen molar-refractivity contribution in [3.63, 3.8) is 0 Å². The van der Waals surface area contributed by atoms with Crippen molar-refractivity contribution in [3.05, 3.63) is 23.8 Å². The molecule has 0 radical (unpaired) electrons. The first-order chi connectivity index (χ1) is 10.8. The lowest BCUT2D eigenvalue weighted by Gasteiger charge is -2.36. The first kappa shape index (κ1) is 17.7. The van der Waals surface area contributed by atoms with E-state index in [2.05, 4.69) is 30.1 Å². The standard InChI is InChI=1S/C16H25N3O3S/c1-5-18(6-2)14-7-8-15(12(3)9-14)17-16(20)13-10-19(11-13)23(4,21)22/h7-9,13H,5-6,10-11H2,1-4H3,(H,17,20). The summed E-state index contributed by atoms with van der Waals surface area (Å²) in [7, 11) is -3.19. The number of nitrogens with zero attached hydrogens (tertiary/aromatic N) is 2. The second-order valence-electron chi connectivity index (χ2n) is 5.94. The summed E-state index contributed by atoms with van der Waals surface area (Å²) in [5.74, 6) is -0.393. The maximum absolute atomic E-state index is 12.2. The van der Waals surface area contributed by atoms with Gasteiger partial charge in [-0.1, -0.05) is 0 Å². The van der Waals surface area contributed by atoms with Crippen LogP contribution in [0.2, 0.25) is 0 Å². The van der Waals surface area contributed by atoms with Crippen LogP contribution in [0.25, 0.3) is 0 Å². The molecule has 128 valence electrons. The summed E-state index contributed by atoms with van der Waals surface area (Å²) in [6.07, 6.45) is 1.16. The highest BCUT2D eigenvalue weighted by molar-refractivity contribution is 7.88. The molecule has 6 nitrogen and oxygen atoms in total. The van der Waals surface area contributed by atoms with Gasteiger partial charge in [0.1, 0.15) is 0 Å². The Labute approximate surface area is 138 Å². The number of benzene rings is 1. The highest BCUT2D eigenvalue weighted by Crippen LogP contribution is 2.25. The third-order valence-corrected chi connectivity index (χ3v) is 5.52. The minimum Gasteiger partial charge on any atom is -0.372 e. The third kappa shape index (κ3) is 4.03. The van der Waals surface area contributed by atoms with Crippen LogP contribution in [0.1, 0.15) is 19.4 Å². The summed E-state index contributed by atoms with van der Waals surface area (Å²) in [4.78, 5) is 14.5. The molecule has 1 aromatic carbocycles. The van der Waals surface area contributed by atoms with Crippen LogP contribution in [0.4, 0.5) is 11.4 Å². The minimum atomic E-state index is -3.19. The molecule has 0 aliphatic carbocycles. The van der Waals surface area contributed by atoms with Crippen LogP contribution in [0.15, 0.2) is 18.2 Å². The van der Waals surface area contributed by atoms with Crippen LogP contribution < -0.4 is 10.2 Å². The summed E-state index contributed by atoms with van der Waals surface area (Å²) < 4.78 is 24.0. The van der Waals surface area contributed by atoms with Crippen LogP contribution >= 0.6 is 0 Å². The average molecular weight is 339 g/mol. The van der Waals surface area contributed by atoms with Crippen LogP contribution in [-0.2, 0) is 14.8 Å². The summed E-state index contributed by atoms with van der Waals surface area (Å²) in [5, 5.41) is 2.91. The topological polar surface area (TPSA) is 69.7 Å². The van der Waals surface area contributed by atoms with Gasteiger partial charge in [0.05, 0.1) is 12.2 Å². The minimum absolute atomic E-state index is 0.122. The molecule has 23 heavy (non-hydrogen) atoms. The Kier molecular flexibility index (Phi) is 5.31. The molecule has 1 N–H and O–H groups in total. The summed E-state index contributed by atoms with van der Waals surface area (Å²) in [6, 6.07) is 5.97. The van der Waals surface area contributed by atoms with E-state index in [4.69, 9.17) is 0 Å². The lowest BCUT2D eigenvalue weighted by molar-refractivity contribution is -0.122. The van der Waals surface area contributed by atoms with Gasteiger partial charge in [-0.05, 0) is 44.5 Å². The number of sulfonamides is 1. The number of hydrogen-bond acceptors (Lipinski definition) is 4. The largest absolute Gasteiger partial charge is 0.372 e. The molecule has 1 aromatic rings. The molecule has 1 heterocycles. The zero-order valence-electron chi connectivity index (χ0n) is 14.2. The predicted octanol–water partition coefficient (Wildman–Crippen LogP) is 1.67. The number of rotatable bonds is 6. The number of hydrogen-bond donors (Lipinski definition) is 1. The third-order valence-electron chi connectivity index (χ3n) is 4.28. The van der Waals surface area contributed by atoms with Crippen molar-refractivity contribution in [1.82, 2.24) is 4.31 Å². The fourth-order valence-electron chi connectivity index (χ4n) is 2.68. The first-order valence-corrected chi connectivity index (χ1v) is 9.72. The number of carbonyl (C=O) groups excluding carboxylic acids is 1. The molecule has 1 amide bonds. The zero-order chi connectivity index (χ0) is 17.2. The highest BCUT2D eigenvalue weighted by atomic mass is 32.2. The SMILES string of the molecule is CCN(CC)c1ccc(NC(=O)C2CN(S(C)(=O)=O)C2)c(C)c1. The summed E-state index contributed by atoms with van der Waals surface area (Å²) >= 11 is 0. The van der Waals surface area contributed by atoms with Crippen molar-refractivity contribution in [2.75, 3.05) is 42.7 Å². The molecule has 7 heteroatoms. The van der Waals surface area contributed by atoms with Gasteiger partial charge in [0.2, 0.25) is 15.9 Å². The van der Waals surface area contributed by atoms with Crippen molar-refractivity contribution in [2.24, 2.45) is 5.92 Å². The van der Waals surface area contributed by atoms with Crippen molar-refractivity contribution in [3.8, 4) is 0 Å². The molecule has 0 saturated carbocycles. The van der Waals surface area contributed by atoms with E-state index in [9.17, 15) is 13.2 Å². The van der Waals surface area contributed by atoms with Gasteiger partial charge in [0, 0.05) is 37.6 Å². The van der Waals surface area contributed by atoms with Gasteiger partial charge in [0.25, 0.3) is 0 Å². The van der Waals surface area contributed by atoms with Gasteiger partial charge >= 0.3 is 0 Å². The molecular weight excluding hydrogens is 314 g/mol. The molecule has 0 aromatic heterocycles. The normalized spacial score (nSPS) is 16.0. The predicted molar refractivity (Wildman–Crippen MR) is 93.3 cm³/mol. The molecule has 0 atom stereocenters. The quantitative estimate of drug-likeness (QED) is 0.856. The fourth-order valence-corrected chi connectivity index (χ4v) is 3.58. The van der Waals surface area contributed by atoms with Gasteiger partial charge in [-0.25, -0.2) is 12.7 Å². The Morgan fingerprint density at radius 2 is 1.91 bits per heavy atom. The number of carbonyl (C=O) groups is 1. The fraction of sp³-hybridized carbons (Fsp3) is 0.562. The molecule has 2 rings (SSSR count). The Balaban J connectivity index is 2.00. The number of nitrogens with one attached hydrogen (secondary N) is 1. The van der Waals surface area contributed by atoms with E-state index in [1.165, 1.54) is 4.31 Å². The molecule has 1 aliphatic rings. The van der Waals surface area contributed by atoms with Crippen LogP contribution in [0.5, 0.6) is 0 Å². The van der Waals surface area contributed by atoms with Crippen LogP contribution in [0.3, 0.4) is 0 Å². The van der Waals surface area contributed by atoms with E-state index in [0.717, 1.165) is 36.3 Å². The van der Waals surface area contributed by atoms with Crippen molar-refractivity contribution >= 4 is 27.3 Å². The molecular formula is C16H25N3O3S. The van der Waals surface area contributed by atoms with Gasteiger partial charge in [-0.3, -0.25) is 4.79 Å². The molecule has 0 spiro atoms. The summed E-state index contributed by atoms with van der Waals surface area (Å²) in [6.45, 7) is 8.59. The lowest BCUT2D eigenvalue weighted by Crippen LogP contribution is -2.53. The van der Waals surface area contributed by atoms with Crippen molar-refractivity contribution in [2.45, 2.75) is 20.8 Å². The molecule has 1 aliphatic heterocycles. The number of amides is 1. The molecule has 1 fully saturated rings. The van der Waals surface area contributed by atoms with Crippen LogP contribution in [0, 0.1) is 12.8 Å². The zero-order valence-corrected chi connectivity index (χ0v) is 15.0. The summed E-state index contributed by atoms with van der Waals surface area (Å²) in [5.41, 5.74) is 2.92. The van der Waals surface area contributed by atoms with E-state index >= 15 is 0 Å². The van der Waals surface area contributed by atoms with Crippen molar-refractivity contribution < 1.29 is 13.2 Å². The Morgan fingerprint density at radius 3 is 2.39 bits per heavy atom. The Bertz CT molecular complexity index is 678. The second kappa shape index (κ2) is 6.88. The average Bonchev–Trinajstić information content (AvgIpc) is 2.39. The van der Waals surface area contributed by atoms with Gasteiger partial charge < -0.3 is 10.2 Å². The smallest absolute Gasteiger partial charge is 0.230 e. The van der Waals surface area contributed by atoms with Gasteiger partial charge in [-0.2, -0.15) is 0 Å². The van der Waals surface area contributed by atoms with Gasteiger partial charge in [0.15, 0.2) is 0 Å². The van der Waals surface area contributed by atoms with E-state index in [0.29, 0.717) is 0 Å². The second-order valence-corrected chi connectivity index (χ2v) is 7.92. The Morgan fingerprint density at radius 1 is 1.30 bits per heavy atom. The van der Waals surface area contributed by atoms with Crippen LogP contribution in [-0.4, -0.2) is 51.1 Å².